The van der Waals surface area contributed by atoms with E-state index >= 15 is 0 Å². The Kier molecular flexibility index (Phi) is 3.44. The number of amides is 1. The van der Waals surface area contributed by atoms with Gasteiger partial charge in [0.15, 0.2) is 5.76 Å². The van der Waals surface area contributed by atoms with Gasteiger partial charge in [-0.2, -0.15) is 0 Å². The lowest BCUT2D eigenvalue weighted by Gasteiger charge is -2.05. The molecular weight excluding hydrogens is 216 g/mol. The first-order valence-electron chi connectivity index (χ1n) is 5.69. The molecule has 0 bridgehead atoms. The quantitative estimate of drug-likeness (QED) is 0.846. The average Bonchev–Trinajstić information content (AvgIpc) is 2.71. The molecule has 1 atom stereocenters. The van der Waals surface area contributed by atoms with E-state index in [1.165, 1.54) is 0 Å². The van der Waals surface area contributed by atoms with E-state index in [0.717, 1.165) is 17.4 Å². The van der Waals surface area contributed by atoms with Gasteiger partial charge in [-0.15, -0.1) is 0 Å². The number of hydrogen-bond donors (Lipinski definition) is 2. The molecule has 1 aromatic carbocycles. The highest BCUT2D eigenvalue weighted by Crippen LogP contribution is 2.18. The van der Waals surface area contributed by atoms with Crippen molar-refractivity contribution in [2.75, 3.05) is 6.54 Å². The van der Waals surface area contributed by atoms with Crippen LogP contribution in [-0.2, 0) is 0 Å². The van der Waals surface area contributed by atoms with Gasteiger partial charge >= 0.3 is 0 Å². The van der Waals surface area contributed by atoms with E-state index in [4.69, 9.17) is 10.2 Å². The molecule has 0 aliphatic carbocycles. The number of hydrogen-bond acceptors (Lipinski definition) is 3. The van der Waals surface area contributed by atoms with Crippen molar-refractivity contribution in [3.63, 3.8) is 0 Å². The zero-order valence-corrected chi connectivity index (χ0v) is 9.77. The predicted octanol–water partition coefficient (Wildman–Crippen LogP) is 1.90. The summed E-state index contributed by atoms with van der Waals surface area (Å²) in [5.74, 6) is 0.151. The number of para-hydroxylation sites is 1. The molecule has 0 spiro atoms. The lowest BCUT2D eigenvalue weighted by Crippen LogP contribution is -2.28. The molecule has 0 fully saturated rings. The monoisotopic (exact) mass is 232 g/mol. The summed E-state index contributed by atoms with van der Waals surface area (Å²) in [5, 5.41) is 3.71. The van der Waals surface area contributed by atoms with Gasteiger partial charge in [0, 0.05) is 18.0 Å². The van der Waals surface area contributed by atoms with Crippen molar-refractivity contribution in [2.45, 2.75) is 19.4 Å². The van der Waals surface area contributed by atoms with Crippen LogP contribution in [0.2, 0.25) is 0 Å². The minimum Gasteiger partial charge on any atom is -0.451 e. The van der Waals surface area contributed by atoms with Crippen LogP contribution >= 0.6 is 0 Å². The summed E-state index contributed by atoms with van der Waals surface area (Å²) in [5.41, 5.74) is 6.33. The number of nitrogens with two attached hydrogens (primary N) is 1. The summed E-state index contributed by atoms with van der Waals surface area (Å²) in [6, 6.07) is 9.38. The summed E-state index contributed by atoms with van der Waals surface area (Å²) in [6.45, 7) is 2.47. The van der Waals surface area contributed by atoms with Gasteiger partial charge in [-0.25, -0.2) is 0 Å². The van der Waals surface area contributed by atoms with Crippen LogP contribution in [0.4, 0.5) is 0 Å². The fourth-order valence-corrected chi connectivity index (χ4v) is 1.59. The van der Waals surface area contributed by atoms with Crippen molar-refractivity contribution in [3.05, 3.63) is 36.1 Å². The number of benzene rings is 1. The first-order chi connectivity index (χ1) is 8.16. The van der Waals surface area contributed by atoms with Crippen molar-refractivity contribution in [3.8, 4) is 0 Å². The van der Waals surface area contributed by atoms with Gasteiger partial charge in [-0.05, 0) is 25.5 Å². The van der Waals surface area contributed by atoms with Crippen molar-refractivity contribution in [1.82, 2.24) is 5.32 Å². The number of nitrogens with one attached hydrogen (secondary N) is 1. The topological polar surface area (TPSA) is 68.3 Å². The first kappa shape index (κ1) is 11.7. The summed E-state index contributed by atoms with van der Waals surface area (Å²) in [7, 11) is 0. The highest BCUT2D eigenvalue weighted by Gasteiger charge is 2.11. The first-order valence-corrected chi connectivity index (χ1v) is 5.69. The molecule has 1 heterocycles. The molecule has 0 aliphatic rings. The smallest absolute Gasteiger partial charge is 0.287 e. The predicted molar refractivity (Wildman–Crippen MR) is 66.8 cm³/mol. The zero-order valence-electron chi connectivity index (χ0n) is 9.77. The van der Waals surface area contributed by atoms with Gasteiger partial charge < -0.3 is 15.5 Å². The van der Waals surface area contributed by atoms with Crippen molar-refractivity contribution < 1.29 is 9.21 Å². The maximum Gasteiger partial charge on any atom is 0.287 e. The number of carbonyl (C=O) groups excluding carboxylic acids is 1. The zero-order chi connectivity index (χ0) is 12.3. The second-order valence-corrected chi connectivity index (χ2v) is 4.17. The summed E-state index contributed by atoms with van der Waals surface area (Å²) >= 11 is 0. The van der Waals surface area contributed by atoms with Crippen LogP contribution in [0.3, 0.4) is 0 Å². The van der Waals surface area contributed by atoms with Crippen LogP contribution in [0.1, 0.15) is 23.9 Å². The van der Waals surface area contributed by atoms with Crippen LogP contribution in [0.25, 0.3) is 11.0 Å². The van der Waals surface area contributed by atoms with Gasteiger partial charge in [0.05, 0.1) is 0 Å². The summed E-state index contributed by atoms with van der Waals surface area (Å²) < 4.78 is 5.44. The molecule has 1 unspecified atom stereocenters. The van der Waals surface area contributed by atoms with E-state index in [0.29, 0.717) is 12.3 Å². The van der Waals surface area contributed by atoms with Gasteiger partial charge in [-0.3, -0.25) is 4.79 Å². The molecule has 4 heteroatoms. The SMILES string of the molecule is CC(N)CCNC(=O)c1cc2ccccc2o1. The molecule has 3 N–H and O–H groups in total. The summed E-state index contributed by atoms with van der Waals surface area (Å²) in [6.07, 6.45) is 0.756. The van der Waals surface area contributed by atoms with E-state index in [1.54, 1.807) is 6.07 Å². The fourth-order valence-electron chi connectivity index (χ4n) is 1.59. The van der Waals surface area contributed by atoms with Crippen LogP contribution in [0.15, 0.2) is 34.7 Å². The lowest BCUT2D eigenvalue weighted by atomic mass is 10.2. The highest BCUT2D eigenvalue weighted by molar-refractivity contribution is 5.95. The number of furan rings is 1. The van der Waals surface area contributed by atoms with E-state index in [1.807, 2.05) is 31.2 Å². The van der Waals surface area contributed by atoms with Crippen LogP contribution in [0.5, 0.6) is 0 Å². The largest absolute Gasteiger partial charge is 0.451 e. The van der Waals surface area contributed by atoms with Crippen molar-refractivity contribution in [2.24, 2.45) is 5.73 Å². The Morgan fingerprint density at radius 1 is 1.47 bits per heavy atom. The van der Waals surface area contributed by atoms with E-state index in [2.05, 4.69) is 5.32 Å². The minimum absolute atomic E-state index is 0.0889. The van der Waals surface area contributed by atoms with Crippen LogP contribution in [0, 0.1) is 0 Å². The Morgan fingerprint density at radius 2 is 2.24 bits per heavy atom. The average molecular weight is 232 g/mol. The molecule has 90 valence electrons. The molecule has 2 aromatic rings. The third kappa shape index (κ3) is 2.85. The number of fused-ring (bicyclic) bond motifs is 1. The van der Waals surface area contributed by atoms with Crippen molar-refractivity contribution >= 4 is 16.9 Å². The second-order valence-electron chi connectivity index (χ2n) is 4.17. The Bertz CT molecular complexity index is 484. The molecule has 2 rings (SSSR count). The van der Waals surface area contributed by atoms with Gasteiger partial charge in [-0.1, -0.05) is 18.2 Å². The lowest BCUT2D eigenvalue weighted by molar-refractivity contribution is 0.0927. The van der Waals surface area contributed by atoms with Gasteiger partial charge in [0.2, 0.25) is 0 Å². The summed E-state index contributed by atoms with van der Waals surface area (Å²) in [4.78, 5) is 11.8. The highest BCUT2D eigenvalue weighted by atomic mass is 16.3. The van der Waals surface area contributed by atoms with E-state index in [-0.39, 0.29) is 11.9 Å². The van der Waals surface area contributed by atoms with Gasteiger partial charge in [0.1, 0.15) is 5.58 Å². The Labute approximate surface area is 99.8 Å². The molecule has 0 aliphatic heterocycles. The Balaban J connectivity index is 2.04. The normalized spacial score (nSPS) is 12.6. The standard InChI is InChI=1S/C13H16N2O2/c1-9(14)6-7-15-13(16)12-8-10-4-2-3-5-11(10)17-12/h2-5,8-9H,6-7,14H2,1H3,(H,15,16). The Morgan fingerprint density at radius 3 is 2.94 bits per heavy atom. The maximum atomic E-state index is 11.8. The minimum atomic E-state index is -0.193. The molecular formula is C13H16N2O2. The van der Waals surface area contributed by atoms with E-state index < -0.39 is 0 Å². The molecule has 0 radical (unpaired) electrons. The van der Waals surface area contributed by atoms with Crippen molar-refractivity contribution in [1.29, 1.82) is 0 Å². The third-order valence-corrected chi connectivity index (χ3v) is 2.53. The molecule has 4 nitrogen and oxygen atoms in total. The molecule has 1 aromatic heterocycles. The fraction of sp³-hybridized carbons (Fsp3) is 0.308. The second kappa shape index (κ2) is 5.01. The third-order valence-electron chi connectivity index (χ3n) is 2.53. The number of rotatable bonds is 4. The molecule has 0 saturated carbocycles. The van der Waals surface area contributed by atoms with Gasteiger partial charge in [0.25, 0.3) is 5.91 Å². The number of carbonyl (C=O) groups is 1. The van der Waals surface area contributed by atoms with E-state index in [9.17, 15) is 4.79 Å². The van der Waals surface area contributed by atoms with Crippen LogP contribution in [-0.4, -0.2) is 18.5 Å². The molecule has 17 heavy (non-hydrogen) atoms. The Hall–Kier alpha value is -1.81. The molecule has 0 saturated heterocycles. The van der Waals surface area contributed by atoms with Crippen LogP contribution < -0.4 is 11.1 Å². The maximum absolute atomic E-state index is 11.8. The molecule has 1 amide bonds.